The lowest BCUT2D eigenvalue weighted by atomic mass is 10.1. The number of hydrogen-bond donors (Lipinski definition) is 0. The van der Waals surface area contributed by atoms with Crippen molar-refractivity contribution in [3.05, 3.63) is 0 Å². The van der Waals surface area contributed by atoms with Gasteiger partial charge in [-0.15, -0.1) is 0 Å². The maximum Gasteiger partial charge on any atom is 0.0686 e. The van der Waals surface area contributed by atoms with Gasteiger partial charge in [0.1, 0.15) is 0 Å². The van der Waals surface area contributed by atoms with E-state index in [-0.39, 0.29) is 0 Å². The van der Waals surface area contributed by atoms with Gasteiger partial charge < -0.3 is 0 Å². The summed E-state index contributed by atoms with van der Waals surface area (Å²) in [5.41, 5.74) is 0. The molecule has 0 aromatic heterocycles. The van der Waals surface area contributed by atoms with Crippen LogP contribution in [0.2, 0.25) is 0 Å². The van der Waals surface area contributed by atoms with Crippen LogP contribution in [0.4, 0.5) is 0 Å². The molecule has 0 saturated carbocycles. The van der Waals surface area contributed by atoms with Crippen molar-refractivity contribution in [2.75, 3.05) is 12.8 Å². The lowest BCUT2D eigenvalue weighted by Crippen LogP contribution is -1.82. The van der Waals surface area contributed by atoms with Crippen LogP contribution in [0, 0.1) is 0 Å². The van der Waals surface area contributed by atoms with Gasteiger partial charge in [0.25, 0.3) is 0 Å². The molecule has 0 aliphatic carbocycles. The highest BCUT2D eigenvalue weighted by Gasteiger charge is 1.93. The molecule has 2 heteroatoms. The van der Waals surface area contributed by atoms with Crippen molar-refractivity contribution in [2.24, 2.45) is 0 Å². The molecule has 0 N–H and O–H groups in total. The molecule has 0 bridgehead atoms. The topological polar surface area (TPSA) is 17.1 Å². The number of hydrogen-bond acceptors (Lipinski definition) is 1. The van der Waals surface area contributed by atoms with E-state index in [1.165, 1.54) is 51.4 Å². The van der Waals surface area contributed by atoms with Crippen molar-refractivity contribution in [1.29, 1.82) is 0 Å². The second-order valence-corrected chi connectivity index (χ2v) is 5.53. The molecule has 79 valence electrons. The lowest BCUT2D eigenvalue weighted by Gasteiger charge is -1.99. The van der Waals surface area contributed by atoms with E-state index in [1.54, 1.807) is 0 Å². The molecule has 0 fully saturated rings. The highest BCUT2D eigenvalue weighted by molar-refractivity contribution is 7.43. The Kier molecular flexibility index (Phi) is 10.3. The van der Waals surface area contributed by atoms with E-state index in [0.29, 0.717) is 0 Å². The predicted octanol–water partition coefficient (Wildman–Crippen LogP) is 4.58. The van der Waals surface area contributed by atoms with Crippen molar-refractivity contribution in [3.8, 4) is 0 Å². The van der Waals surface area contributed by atoms with Gasteiger partial charge in [0, 0.05) is 12.8 Å². The Labute approximate surface area is 84.1 Å². The van der Waals surface area contributed by atoms with Crippen LogP contribution in [0.3, 0.4) is 0 Å². The van der Waals surface area contributed by atoms with E-state index in [0.717, 1.165) is 6.16 Å². The van der Waals surface area contributed by atoms with Gasteiger partial charge in [0.2, 0.25) is 0 Å². The van der Waals surface area contributed by atoms with E-state index in [4.69, 9.17) is 0 Å². The Balaban J connectivity index is 2.87. The van der Waals surface area contributed by atoms with Crippen LogP contribution in [0.25, 0.3) is 0 Å². The van der Waals surface area contributed by atoms with Gasteiger partial charge in [-0.25, -0.2) is 0 Å². The van der Waals surface area contributed by atoms with Crippen molar-refractivity contribution < 1.29 is 4.57 Å². The summed E-state index contributed by atoms with van der Waals surface area (Å²) in [5, 5.41) is 0. The molecule has 1 nitrogen and oxygen atoms in total. The molecule has 0 saturated heterocycles. The van der Waals surface area contributed by atoms with E-state index >= 15 is 0 Å². The summed E-state index contributed by atoms with van der Waals surface area (Å²) in [6.07, 6.45) is 11.6. The van der Waals surface area contributed by atoms with Crippen LogP contribution >= 0.6 is 7.80 Å². The first-order valence-corrected chi connectivity index (χ1v) is 7.55. The molecule has 1 unspecified atom stereocenters. The smallest absolute Gasteiger partial charge is 0.0686 e. The quantitative estimate of drug-likeness (QED) is 0.396. The summed E-state index contributed by atoms with van der Waals surface area (Å²) in [6, 6.07) is 0. The number of unbranched alkanes of at least 4 members (excludes halogenated alkanes) is 7. The molecule has 0 aliphatic heterocycles. The highest BCUT2D eigenvalue weighted by atomic mass is 31.1. The zero-order chi connectivity index (χ0) is 9.94. The molecule has 13 heavy (non-hydrogen) atoms. The standard InChI is InChI=1S/C11H24OP/c1-3-4-5-6-7-8-9-10-11-13(2)12/h3-11H2,1-2H3. The van der Waals surface area contributed by atoms with Crippen molar-refractivity contribution in [2.45, 2.75) is 58.3 Å². The second kappa shape index (κ2) is 10.2. The van der Waals surface area contributed by atoms with Gasteiger partial charge in [-0.1, -0.05) is 51.9 Å². The van der Waals surface area contributed by atoms with Crippen LogP contribution in [0.5, 0.6) is 0 Å². The first kappa shape index (κ1) is 13.1. The minimum atomic E-state index is -0.881. The third-order valence-corrected chi connectivity index (χ3v) is 3.27. The molecule has 0 spiro atoms. The van der Waals surface area contributed by atoms with E-state index in [2.05, 4.69) is 6.92 Å². The van der Waals surface area contributed by atoms with Gasteiger partial charge in [0.05, 0.1) is 7.80 Å². The molecular weight excluding hydrogens is 179 g/mol. The van der Waals surface area contributed by atoms with Gasteiger partial charge in [-0.05, 0) is 6.42 Å². The van der Waals surface area contributed by atoms with E-state index < -0.39 is 7.80 Å². The Hall–Kier alpha value is 0.100. The summed E-state index contributed by atoms with van der Waals surface area (Å²) in [5.74, 6) is 0. The molecule has 0 aromatic carbocycles. The predicted molar refractivity (Wildman–Crippen MR) is 61.0 cm³/mol. The minimum Gasteiger partial charge on any atom is -0.287 e. The van der Waals surface area contributed by atoms with E-state index in [1.807, 2.05) is 6.66 Å². The molecular formula is C11H24OP. The molecule has 0 amide bonds. The average Bonchev–Trinajstić information content (AvgIpc) is 2.09. The molecule has 0 aliphatic rings. The van der Waals surface area contributed by atoms with Crippen molar-refractivity contribution in [3.63, 3.8) is 0 Å². The average molecular weight is 203 g/mol. The van der Waals surface area contributed by atoms with Crippen LogP contribution < -0.4 is 0 Å². The summed E-state index contributed by atoms with van der Waals surface area (Å²) in [7, 11) is -0.881. The monoisotopic (exact) mass is 203 g/mol. The Morgan fingerprint density at radius 3 is 1.77 bits per heavy atom. The fraction of sp³-hybridized carbons (Fsp3) is 1.00. The third-order valence-electron chi connectivity index (χ3n) is 2.33. The fourth-order valence-electron chi connectivity index (χ4n) is 1.47. The normalized spacial score (nSPS) is 11.7. The van der Waals surface area contributed by atoms with Crippen LogP contribution in [0.15, 0.2) is 0 Å². The van der Waals surface area contributed by atoms with Crippen molar-refractivity contribution in [1.82, 2.24) is 0 Å². The Bertz CT molecular complexity index is 123. The Morgan fingerprint density at radius 1 is 0.846 bits per heavy atom. The van der Waals surface area contributed by atoms with Crippen LogP contribution in [0.1, 0.15) is 58.3 Å². The largest absolute Gasteiger partial charge is 0.287 e. The molecule has 1 radical (unpaired) electrons. The van der Waals surface area contributed by atoms with Crippen LogP contribution in [-0.4, -0.2) is 12.8 Å². The lowest BCUT2D eigenvalue weighted by molar-refractivity contribution is 0.575. The third kappa shape index (κ3) is 12.1. The summed E-state index contributed by atoms with van der Waals surface area (Å²) < 4.78 is 10.8. The minimum absolute atomic E-state index is 0.881. The Morgan fingerprint density at radius 2 is 1.31 bits per heavy atom. The first-order valence-electron chi connectivity index (χ1n) is 5.65. The molecule has 0 rings (SSSR count). The summed E-state index contributed by atoms with van der Waals surface area (Å²) >= 11 is 0. The fourth-order valence-corrected chi connectivity index (χ4v) is 2.14. The summed E-state index contributed by atoms with van der Waals surface area (Å²) in [4.78, 5) is 0. The molecule has 0 heterocycles. The SMILES string of the molecule is CCCCCCCCCC[P](C)=O. The molecule has 0 aromatic rings. The van der Waals surface area contributed by atoms with Crippen molar-refractivity contribution >= 4 is 7.80 Å². The maximum absolute atomic E-state index is 10.8. The second-order valence-electron chi connectivity index (χ2n) is 3.83. The van der Waals surface area contributed by atoms with Gasteiger partial charge in [-0.3, -0.25) is 4.57 Å². The first-order chi connectivity index (χ1) is 6.27. The summed E-state index contributed by atoms with van der Waals surface area (Å²) in [6.45, 7) is 4.08. The van der Waals surface area contributed by atoms with E-state index in [9.17, 15) is 4.57 Å². The maximum atomic E-state index is 10.8. The highest BCUT2D eigenvalue weighted by Crippen LogP contribution is 2.17. The van der Waals surface area contributed by atoms with Gasteiger partial charge in [-0.2, -0.15) is 0 Å². The van der Waals surface area contributed by atoms with Gasteiger partial charge >= 0.3 is 0 Å². The van der Waals surface area contributed by atoms with Gasteiger partial charge in [0.15, 0.2) is 0 Å². The zero-order valence-electron chi connectivity index (χ0n) is 9.22. The zero-order valence-corrected chi connectivity index (χ0v) is 10.1. The molecule has 1 atom stereocenters. The van der Waals surface area contributed by atoms with Crippen LogP contribution in [-0.2, 0) is 4.57 Å². The number of rotatable bonds is 9.